The van der Waals surface area contributed by atoms with Gasteiger partial charge in [0.05, 0.1) is 6.42 Å². The van der Waals surface area contributed by atoms with Crippen LogP contribution >= 0.6 is 0 Å². The summed E-state index contributed by atoms with van der Waals surface area (Å²) in [5.74, 6) is 0.710. The molecule has 3 rings (SSSR count). The number of carbonyl (C=O) groups is 1. The van der Waals surface area contributed by atoms with E-state index in [2.05, 4.69) is 22.8 Å². The quantitative estimate of drug-likeness (QED) is 0.749. The van der Waals surface area contributed by atoms with E-state index in [1.165, 1.54) is 5.56 Å². The molecule has 1 atom stereocenters. The predicted octanol–water partition coefficient (Wildman–Crippen LogP) is 1.18. The third kappa shape index (κ3) is 1.91. The number of amides is 1. The van der Waals surface area contributed by atoms with E-state index >= 15 is 0 Å². The van der Waals surface area contributed by atoms with Crippen LogP contribution in [-0.4, -0.2) is 19.0 Å². The van der Waals surface area contributed by atoms with Crippen molar-refractivity contribution in [2.45, 2.75) is 31.3 Å². The first-order chi connectivity index (χ1) is 8.67. The number of rotatable bonds is 3. The Labute approximate surface area is 107 Å². The highest BCUT2D eigenvalue weighted by Gasteiger charge is 2.33. The van der Waals surface area contributed by atoms with Crippen LogP contribution in [0, 0.1) is 5.92 Å². The monoisotopic (exact) mass is 245 g/mol. The standard InChI is InChI=1S/C14H19N3O/c1-16-14(10-5-11(15)6-10)8-2-3-12-9(4-8)7-13(18)17-12/h2-4,10-11,14,16H,5-7,15H2,1H3,(H,17,18). The summed E-state index contributed by atoms with van der Waals surface area (Å²) in [6.45, 7) is 0. The van der Waals surface area contributed by atoms with Crippen LogP contribution in [0.2, 0.25) is 0 Å². The summed E-state index contributed by atoms with van der Waals surface area (Å²) in [5.41, 5.74) is 9.21. The lowest BCUT2D eigenvalue weighted by molar-refractivity contribution is -0.115. The van der Waals surface area contributed by atoms with E-state index in [9.17, 15) is 4.79 Å². The number of nitrogens with two attached hydrogens (primary N) is 1. The largest absolute Gasteiger partial charge is 0.328 e. The molecule has 1 fully saturated rings. The second-order valence-electron chi connectivity index (χ2n) is 5.40. The number of hydrogen-bond acceptors (Lipinski definition) is 3. The molecule has 18 heavy (non-hydrogen) atoms. The van der Waals surface area contributed by atoms with Gasteiger partial charge in [0.1, 0.15) is 0 Å². The zero-order valence-electron chi connectivity index (χ0n) is 10.6. The van der Waals surface area contributed by atoms with Crippen molar-refractivity contribution in [3.05, 3.63) is 29.3 Å². The van der Waals surface area contributed by atoms with E-state index in [4.69, 9.17) is 5.73 Å². The van der Waals surface area contributed by atoms with Gasteiger partial charge in [-0.25, -0.2) is 0 Å². The summed E-state index contributed by atoms with van der Waals surface area (Å²) in [6.07, 6.45) is 2.67. The van der Waals surface area contributed by atoms with Crippen LogP contribution < -0.4 is 16.4 Å². The van der Waals surface area contributed by atoms with Crippen molar-refractivity contribution >= 4 is 11.6 Å². The molecule has 1 amide bonds. The molecular weight excluding hydrogens is 226 g/mol. The van der Waals surface area contributed by atoms with Gasteiger partial charge in [0.25, 0.3) is 0 Å². The first kappa shape index (κ1) is 11.7. The normalized spacial score (nSPS) is 27.3. The lowest BCUT2D eigenvalue weighted by atomic mass is 9.74. The minimum Gasteiger partial charge on any atom is -0.328 e. The molecule has 4 heteroatoms. The van der Waals surface area contributed by atoms with Gasteiger partial charge >= 0.3 is 0 Å². The molecule has 0 spiro atoms. The highest BCUT2D eigenvalue weighted by atomic mass is 16.1. The predicted molar refractivity (Wildman–Crippen MR) is 71.3 cm³/mol. The maximum absolute atomic E-state index is 11.4. The first-order valence-corrected chi connectivity index (χ1v) is 6.53. The number of hydrogen-bond donors (Lipinski definition) is 3. The van der Waals surface area contributed by atoms with Gasteiger partial charge in [-0.05, 0) is 43.0 Å². The Bertz CT molecular complexity index is 480. The molecule has 0 bridgehead atoms. The van der Waals surface area contributed by atoms with Crippen molar-refractivity contribution in [3.8, 4) is 0 Å². The van der Waals surface area contributed by atoms with E-state index in [0.717, 1.165) is 24.1 Å². The summed E-state index contributed by atoms with van der Waals surface area (Å²) < 4.78 is 0. The Morgan fingerprint density at radius 1 is 1.44 bits per heavy atom. The average Bonchev–Trinajstić information content (AvgIpc) is 2.67. The molecule has 1 aromatic carbocycles. The topological polar surface area (TPSA) is 67.2 Å². The average molecular weight is 245 g/mol. The summed E-state index contributed by atoms with van der Waals surface area (Å²) >= 11 is 0. The third-order valence-corrected chi connectivity index (χ3v) is 4.11. The maximum atomic E-state index is 11.4. The van der Waals surface area contributed by atoms with E-state index in [1.807, 2.05) is 13.1 Å². The van der Waals surface area contributed by atoms with Gasteiger partial charge in [-0.3, -0.25) is 4.79 Å². The Hall–Kier alpha value is -1.39. The van der Waals surface area contributed by atoms with Gasteiger partial charge in [-0.15, -0.1) is 0 Å². The fourth-order valence-corrected chi connectivity index (χ4v) is 3.10. The number of benzene rings is 1. The molecule has 1 saturated carbocycles. The van der Waals surface area contributed by atoms with Crippen molar-refractivity contribution in [1.29, 1.82) is 0 Å². The maximum Gasteiger partial charge on any atom is 0.228 e. The second kappa shape index (κ2) is 4.37. The van der Waals surface area contributed by atoms with Gasteiger partial charge < -0.3 is 16.4 Å². The molecule has 1 aliphatic carbocycles. The van der Waals surface area contributed by atoms with Crippen molar-refractivity contribution in [2.24, 2.45) is 11.7 Å². The molecule has 4 nitrogen and oxygen atoms in total. The fraction of sp³-hybridized carbons (Fsp3) is 0.500. The van der Waals surface area contributed by atoms with E-state index in [-0.39, 0.29) is 5.91 Å². The van der Waals surface area contributed by atoms with E-state index < -0.39 is 0 Å². The summed E-state index contributed by atoms with van der Waals surface area (Å²) in [4.78, 5) is 11.4. The summed E-state index contributed by atoms with van der Waals surface area (Å²) in [5, 5.41) is 6.25. The van der Waals surface area contributed by atoms with Crippen molar-refractivity contribution in [2.75, 3.05) is 12.4 Å². The van der Waals surface area contributed by atoms with Crippen LogP contribution in [-0.2, 0) is 11.2 Å². The lowest BCUT2D eigenvalue weighted by Gasteiger charge is -2.38. The van der Waals surface area contributed by atoms with Crippen molar-refractivity contribution < 1.29 is 4.79 Å². The van der Waals surface area contributed by atoms with Crippen LogP contribution in [0.3, 0.4) is 0 Å². The molecule has 0 radical (unpaired) electrons. The van der Waals surface area contributed by atoms with Crippen LogP contribution in [0.4, 0.5) is 5.69 Å². The minimum atomic E-state index is 0.0915. The molecular formula is C14H19N3O. The van der Waals surface area contributed by atoms with Gasteiger partial charge in [0.2, 0.25) is 5.91 Å². The fourth-order valence-electron chi connectivity index (χ4n) is 3.10. The molecule has 1 unspecified atom stereocenters. The Morgan fingerprint density at radius 2 is 2.22 bits per heavy atom. The number of carbonyl (C=O) groups excluding carboxylic acids is 1. The Balaban J connectivity index is 1.83. The SMILES string of the molecule is CNC(c1ccc2c(c1)CC(=O)N2)C1CC(N)C1. The molecule has 0 aromatic heterocycles. The van der Waals surface area contributed by atoms with E-state index in [1.54, 1.807) is 0 Å². The number of nitrogens with one attached hydrogen (secondary N) is 2. The molecule has 96 valence electrons. The van der Waals surface area contributed by atoms with Crippen molar-refractivity contribution in [3.63, 3.8) is 0 Å². The molecule has 1 aromatic rings. The van der Waals surface area contributed by atoms with Crippen molar-refractivity contribution in [1.82, 2.24) is 5.32 Å². The zero-order valence-corrected chi connectivity index (χ0v) is 10.6. The number of anilines is 1. The van der Waals surface area contributed by atoms with Gasteiger partial charge in [-0.1, -0.05) is 12.1 Å². The van der Waals surface area contributed by atoms with Crippen LogP contribution in [0.25, 0.3) is 0 Å². The van der Waals surface area contributed by atoms with Crippen LogP contribution in [0.5, 0.6) is 0 Å². The molecule has 2 aliphatic rings. The smallest absolute Gasteiger partial charge is 0.228 e. The molecule has 1 heterocycles. The summed E-state index contributed by atoms with van der Waals surface area (Å²) in [6, 6.07) is 6.99. The minimum absolute atomic E-state index is 0.0915. The van der Waals surface area contributed by atoms with Gasteiger partial charge in [-0.2, -0.15) is 0 Å². The van der Waals surface area contributed by atoms with Crippen LogP contribution in [0.1, 0.15) is 30.0 Å². The second-order valence-corrected chi connectivity index (χ2v) is 5.40. The molecule has 1 aliphatic heterocycles. The Morgan fingerprint density at radius 3 is 2.89 bits per heavy atom. The first-order valence-electron chi connectivity index (χ1n) is 6.53. The zero-order chi connectivity index (χ0) is 12.7. The van der Waals surface area contributed by atoms with Gasteiger partial charge in [0.15, 0.2) is 0 Å². The molecule has 4 N–H and O–H groups in total. The Kier molecular flexibility index (Phi) is 2.84. The lowest BCUT2D eigenvalue weighted by Crippen LogP contribution is -2.42. The third-order valence-electron chi connectivity index (χ3n) is 4.11. The van der Waals surface area contributed by atoms with Gasteiger partial charge in [0, 0.05) is 17.8 Å². The highest BCUT2D eigenvalue weighted by molar-refractivity contribution is 5.99. The molecule has 0 saturated heterocycles. The summed E-state index contributed by atoms with van der Waals surface area (Å²) in [7, 11) is 1.99. The van der Waals surface area contributed by atoms with Crippen LogP contribution in [0.15, 0.2) is 18.2 Å². The van der Waals surface area contributed by atoms with E-state index in [0.29, 0.717) is 24.4 Å². The number of fused-ring (bicyclic) bond motifs is 1. The highest BCUT2D eigenvalue weighted by Crippen LogP contribution is 2.38.